The zero-order valence-electron chi connectivity index (χ0n) is 8.98. The van der Waals surface area contributed by atoms with E-state index in [1.165, 1.54) is 0 Å². The quantitative estimate of drug-likeness (QED) is 0.605. The van der Waals surface area contributed by atoms with Gasteiger partial charge in [-0.25, -0.2) is 4.79 Å². The molecule has 2 rings (SSSR count). The third-order valence-corrected chi connectivity index (χ3v) is 3.98. The fraction of sp³-hybridized carbons (Fsp3) is 0.800. The molecule has 78 valence electrons. The minimum absolute atomic E-state index is 0.0119. The molecule has 1 saturated heterocycles. The number of carbonyl (C=O) groups excluding carboxylic acids is 1. The number of amides is 2. The van der Waals surface area contributed by atoms with Gasteiger partial charge in [-0.05, 0) is 24.7 Å². The third kappa shape index (κ3) is 0.837. The Bertz CT molecular complexity index is 310. The van der Waals surface area contributed by atoms with E-state index in [0.717, 1.165) is 19.3 Å². The van der Waals surface area contributed by atoms with Crippen LogP contribution in [0.3, 0.4) is 0 Å². The summed E-state index contributed by atoms with van der Waals surface area (Å²) < 4.78 is 0. The Morgan fingerprint density at radius 3 is 2.43 bits per heavy atom. The van der Waals surface area contributed by atoms with Crippen LogP contribution in [0.4, 0.5) is 4.79 Å². The Balaban J connectivity index is 2.49. The molecular weight excluding hydrogens is 178 g/mol. The second-order valence-corrected chi connectivity index (χ2v) is 4.96. The van der Waals surface area contributed by atoms with Crippen molar-refractivity contribution < 1.29 is 4.79 Å². The molecule has 2 fully saturated rings. The first kappa shape index (κ1) is 9.49. The van der Waals surface area contributed by atoms with E-state index >= 15 is 0 Å². The Labute approximate surface area is 84.2 Å². The van der Waals surface area contributed by atoms with Crippen LogP contribution >= 0.6 is 0 Å². The third-order valence-electron chi connectivity index (χ3n) is 3.98. The van der Waals surface area contributed by atoms with E-state index < -0.39 is 0 Å². The summed E-state index contributed by atoms with van der Waals surface area (Å²) in [6, 6.07) is -0.134. The predicted molar refractivity (Wildman–Crippen MR) is 54.4 cm³/mol. The van der Waals surface area contributed by atoms with Gasteiger partial charge in [0.05, 0.1) is 0 Å². The zero-order chi connectivity index (χ0) is 10.6. The Kier molecular flexibility index (Phi) is 1.69. The van der Waals surface area contributed by atoms with E-state index in [9.17, 15) is 4.79 Å². The second-order valence-electron chi connectivity index (χ2n) is 4.96. The lowest BCUT2D eigenvalue weighted by Gasteiger charge is -2.41. The highest BCUT2D eigenvalue weighted by atomic mass is 16.2. The number of hydrogen-bond donors (Lipinski definition) is 2. The van der Waals surface area contributed by atoms with Crippen molar-refractivity contribution in [1.29, 1.82) is 5.41 Å². The van der Waals surface area contributed by atoms with E-state index in [1.54, 1.807) is 11.9 Å². The van der Waals surface area contributed by atoms with E-state index in [1.807, 2.05) is 0 Å². The number of carbonyl (C=O) groups is 1. The number of amidine groups is 1. The van der Waals surface area contributed by atoms with Crippen molar-refractivity contribution in [3.05, 3.63) is 0 Å². The number of nitrogens with one attached hydrogen (secondary N) is 2. The normalized spacial score (nSPS) is 35.5. The molecule has 4 heteroatoms. The Hall–Kier alpha value is -1.06. The largest absolute Gasteiger partial charge is 0.323 e. The van der Waals surface area contributed by atoms with Crippen molar-refractivity contribution in [3.8, 4) is 0 Å². The van der Waals surface area contributed by atoms with Crippen LogP contribution in [0, 0.1) is 10.8 Å². The van der Waals surface area contributed by atoms with Crippen LogP contribution < -0.4 is 5.32 Å². The molecular formula is C10H17N3O. The van der Waals surface area contributed by atoms with Crippen molar-refractivity contribution in [2.75, 3.05) is 7.05 Å². The van der Waals surface area contributed by atoms with Gasteiger partial charge in [-0.2, -0.15) is 0 Å². The molecule has 1 unspecified atom stereocenters. The molecule has 14 heavy (non-hydrogen) atoms. The van der Waals surface area contributed by atoms with Gasteiger partial charge in [0.25, 0.3) is 0 Å². The van der Waals surface area contributed by atoms with Crippen molar-refractivity contribution in [3.63, 3.8) is 0 Å². The van der Waals surface area contributed by atoms with Crippen LogP contribution in [0.1, 0.15) is 33.1 Å². The van der Waals surface area contributed by atoms with Gasteiger partial charge in [-0.15, -0.1) is 0 Å². The van der Waals surface area contributed by atoms with Crippen LogP contribution in [0.5, 0.6) is 0 Å². The van der Waals surface area contributed by atoms with Crippen LogP contribution in [0.2, 0.25) is 0 Å². The summed E-state index contributed by atoms with van der Waals surface area (Å²) in [7, 11) is 1.80. The van der Waals surface area contributed by atoms with Gasteiger partial charge in [0.1, 0.15) is 11.4 Å². The SMILES string of the molecule is CN1C(=O)NC(=N)C12CCCC2(C)C. The molecule has 1 aliphatic heterocycles. The molecule has 1 spiro atoms. The molecule has 1 aliphatic carbocycles. The van der Waals surface area contributed by atoms with Gasteiger partial charge in [-0.1, -0.05) is 13.8 Å². The van der Waals surface area contributed by atoms with Crippen LogP contribution in [0.15, 0.2) is 0 Å². The second kappa shape index (κ2) is 2.49. The first-order valence-electron chi connectivity index (χ1n) is 5.06. The molecule has 0 radical (unpaired) electrons. The van der Waals surface area contributed by atoms with Gasteiger partial charge < -0.3 is 4.90 Å². The van der Waals surface area contributed by atoms with Crippen molar-refractivity contribution in [1.82, 2.24) is 10.2 Å². The molecule has 1 saturated carbocycles. The summed E-state index contributed by atoms with van der Waals surface area (Å²) in [5.41, 5.74) is -0.359. The monoisotopic (exact) mass is 195 g/mol. The van der Waals surface area contributed by atoms with Gasteiger partial charge in [0.2, 0.25) is 0 Å². The van der Waals surface area contributed by atoms with Crippen molar-refractivity contribution in [2.24, 2.45) is 5.41 Å². The minimum atomic E-state index is -0.371. The Morgan fingerprint density at radius 2 is 2.07 bits per heavy atom. The lowest BCUT2D eigenvalue weighted by atomic mass is 9.74. The zero-order valence-corrected chi connectivity index (χ0v) is 8.98. The molecule has 0 bridgehead atoms. The summed E-state index contributed by atoms with van der Waals surface area (Å²) in [6.45, 7) is 4.29. The molecule has 1 atom stereocenters. The topological polar surface area (TPSA) is 56.2 Å². The molecule has 2 aliphatic rings. The first-order chi connectivity index (χ1) is 6.42. The van der Waals surface area contributed by atoms with E-state index in [-0.39, 0.29) is 17.0 Å². The summed E-state index contributed by atoms with van der Waals surface area (Å²) in [6.07, 6.45) is 3.08. The number of urea groups is 1. The van der Waals surface area contributed by atoms with Crippen LogP contribution in [0.25, 0.3) is 0 Å². The molecule has 0 aromatic rings. The number of nitrogens with zero attached hydrogens (tertiary/aromatic N) is 1. The highest BCUT2D eigenvalue weighted by Crippen LogP contribution is 2.50. The fourth-order valence-electron chi connectivity index (χ4n) is 3.05. The lowest BCUT2D eigenvalue weighted by molar-refractivity contribution is 0.126. The first-order valence-corrected chi connectivity index (χ1v) is 5.06. The standard InChI is InChI=1S/C10H17N3O/c1-9(2)5-4-6-10(9)7(11)12-8(14)13(10)3/h4-6H2,1-3H3,(H2,11,12,14). The van der Waals surface area contributed by atoms with Crippen molar-refractivity contribution >= 4 is 11.9 Å². The van der Waals surface area contributed by atoms with Gasteiger partial charge in [0, 0.05) is 7.05 Å². The molecule has 0 aromatic carbocycles. The number of hydrogen-bond acceptors (Lipinski definition) is 2. The average Bonchev–Trinajstić information content (AvgIpc) is 2.49. The van der Waals surface area contributed by atoms with E-state index in [2.05, 4.69) is 19.2 Å². The summed E-state index contributed by atoms with van der Waals surface area (Å²) in [5, 5.41) is 10.6. The van der Waals surface area contributed by atoms with E-state index in [4.69, 9.17) is 5.41 Å². The molecule has 2 N–H and O–H groups in total. The minimum Gasteiger partial charge on any atom is -0.314 e. The number of rotatable bonds is 0. The van der Waals surface area contributed by atoms with Crippen LogP contribution in [-0.4, -0.2) is 29.4 Å². The molecule has 2 amide bonds. The summed E-state index contributed by atoms with van der Waals surface area (Å²) in [4.78, 5) is 13.2. The van der Waals surface area contributed by atoms with Crippen molar-refractivity contribution in [2.45, 2.75) is 38.6 Å². The highest BCUT2D eigenvalue weighted by molar-refractivity contribution is 6.09. The maximum absolute atomic E-state index is 11.5. The smallest absolute Gasteiger partial charge is 0.314 e. The number of likely N-dealkylation sites (N-methyl/N-ethyl adjacent to an activating group) is 1. The summed E-state index contributed by atoms with van der Waals surface area (Å²) in [5.74, 6) is 0.382. The lowest BCUT2D eigenvalue weighted by Crippen LogP contribution is -2.54. The molecule has 4 nitrogen and oxygen atoms in total. The molecule has 0 aromatic heterocycles. The molecule has 1 heterocycles. The predicted octanol–water partition coefficient (Wildman–Crippen LogP) is 1.57. The summed E-state index contributed by atoms with van der Waals surface area (Å²) >= 11 is 0. The van der Waals surface area contributed by atoms with Gasteiger partial charge in [-0.3, -0.25) is 10.7 Å². The average molecular weight is 195 g/mol. The maximum Gasteiger partial charge on any atom is 0.323 e. The maximum atomic E-state index is 11.5. The fourth-order valence-corrected chi connectivity index (χ4v) is 3.05. The highest BCUT2D eigenvalue weighted by Gasteiger charge is 2.59. The Morgan fingerprint density at radius 1 is 1.43 bits per heavy atom. The van der Waals surface area contributed by atoms with Gasteiger partial charge in [0.15, 0.2) is 0 Å². The van der Waals surface area contributed by atoms with Crippen LogP contribution in [-0.2, 0) is 0 Å². The van der Waals surface area contributed by atoms with Gasteiger partial charge >= 0.3 is 6.03 Å². The van der Waals surface area contributed by atoms with E-state index in [0.29, 0.717) is 5.84 Å².